The third-order valence-corrected chi connectivity index (χ3v) is 4.06. The van der Waals surface area contributed by atoms with E-state index in [1.807, 2.05) is 18.6 Å². The smallest absolute Gasteiger partial charge is 0.126 e. The van der Waals surface area contributed by atoms with Gasteiger partial charge in [-0.2, -0.15) is 0 Å². The molecule has 1 N–H and O–H groups in total. The van der Waals surface area contributed by atoms with E-state index >= 15 is 0 Å². The van der Waals surface area contributed by atoms with E-state index in [9.17, 15) is 4.39 Å². The molecule has 0 aliphatic carbocycles. The number of hydrogen-bond donors (Lipinski definition) is 1. The van der Waals surface area contributed by atoms with Crippen molar-refractivity contribution in [2.45, 2.75) is 45.2 Å². The summed E-state index contributed by atoms with van der Waals surface area (Å²) < 4.78 is 15.5. The highest BCUT2D eigenvalue weighted by Crippen LogP contribution is 2.27. The van der Waals surface area contributed by atoms with Crippen LogP contribution in [0.1, 0.15) is 43.5 Å². The van der Waals surface area contributed by atoms with Crippen molar-refractivity contribution in [3.8, 4) is 5.69 Å². The third-order valence-electron chi connectivity index (χ3n) is 4.06. The van der Waals surface area contributed by atoms with Crippen molar-refractivity contribution < 1.29 is 4.39 Å². The summed E-state index contributed by atoms with van der Waals surface area (Å²) in [5, 5.41) is 3.62. The van der Waals surface area contributed by atoms with Crippen LogP contribution in [0.25, 0.3) is 5.69 Å². The van der Waals surface area contributed by atoms with Crippen LogP contribution in [-0.4, -0.2) is 15.6 Å². The van der Waals surface area contributed by atoms with Crippen molar-refractivity contribution in [3.63, 3.8) is 0 Å². The minimum absolute atomic E-state index is 0.167. The SMILES string of the molecule is Cc1cc(-n2cncc2C2CCCC(C)N2)ccc1F. The number of piperidine rings is 1. The van der Waals surface area contributed by atoms with Gasteiger partial charge in [-0.05, 0) is 56.9 Å². The maximum absolute atomic E-state index is 13.4. The molecule has 3 nitrogen and oxygen atoms in total. The fourth-order valence-electron chi connectivity index (χ4n) is 2.93. The Balaban J connectivity index is 1.95. The van der Waals surface area contributed by atoms with Gasteiger partial charge in [-0.3, -0.25) is 0 Å². The Labute approximate surface area is 118 Å². The quantitative estimate of drug-likeness (QED) is 0.907. The van der Waals surface area contributed by atoms with Gasteiger partial charge >= 0.3 is 0 Å². The number of nitrogens with one attached hydrogen (secondary N) is 1. The molecule has 1 aliphatic heterocycles. The molecule has 0 saturated carbocycles. The van der Waals surface area contributed by atoms with E-state index in [0.717, 1.165) is 17.8 Å². The second-order valence-corrected chi connectivity index (χ2v) is 5.67. The normalized spacial score (nSPS) is 22.9. The number of benzene rings is 1. The van der Waals surface area contributed by atoms with Gasteiger partial charge in [-0.15, -0.1) is 0 Å². The molecule has 0 spiro atoms. The van der Waals surface area contributed by atoms with Gasteiger partial charge in [0.2, 0.25) is 0 Å². The molecule has 3 rings (SSSR count). The van der Waals surface area contributed by atoms with Crippen LogP contribution in [0.5, 0.6) is 0 Å². The molecule has 4 heteroatoms. The monoisotopic (exact) mass is 273 g/mol. The van der Waals surface area contributed by atoms with Crippen LogP contribution < -0.4 is 5.32 Å². The van der Waals surface area contributed by atoms with Crippen LogP contribution in [0.3, 0.4) is 0 Å². The van der Waals surface area contributed by atoms with Crippen molar-refractivity contribution >= 4 is 0 Å². The lowest BCUT2D eigenvalue weighted by atomic mass is 9.97. The van der Waals surface area contributed by atoms with Crippen LogP contribution in [0.2, 0.25) is 0 Å². The summed E-state index contributed by atoms with van der Waals surface area (Å²) in [5.74, 6) is -0.167. The van der Waals surface area contributed by atoms with Crippen molar-refractivity contribution in [2.75, 3.05) is 0 Å². The summed E-state index contributed by atoms with van der Waals surface area (Å²) in [6.45, 7) is 4.01. The zero-order valence-electron chi connectivity index (χ0n) is 11.9. The number of aromatic nitrogens is 2. The highest BCUT2D eigenvalue weighted by molar-refractivity contribution is 5.38. The zero-order chi connectivity index (χ0) is 14.1. The molecule has 1 aromatic heterocycles. The molecule has 1 fully saturated rings. The van der Waals surface area contributed by atoms with E-state index in [0.29, 0.717) is 17.6 Å². The lowest BCUT2D eigenvalue weighted by molar-refractivity contribution is 0.334. The average Bonchev–Trinajstić information content (AvgIpc) is 2.91. The summed E-state index contributed by atoms with van der Waals surface area (Å²) in [6, 6.07) is 6.05. The summed E-state index contributed by atoms with van der Waals surface area (Å²) in [5.41, 5.74) is 2.78. The van der Waals surface area contributed by atoms with Gasteiger partial charge < -0.3 is 9.88 Å². The fraction of sp³-hybridized carbons (Fsp3) is 0.438. The first kappa shape index (κ1) is 13.3. The van der Waals surface area contributed by atoms with Gasteiger partial charge in [0.25, 0.3) is 0 Å². The highest BCUT2D eigenvalue weighted by atomic mass is 19.1. The Morgan fingerprint density at radius 2 is 2.20 bits per heavy atom. The average molecular weight is 273 g/mol. The fourth-order valence-corrected chi connectivity index (χ4v) is 2.93. The number of aryl methyl sites for hydroxylation is 1. The molecular formula is C16H20FN3. The minimum Gasteiger partial charge on any atom is -0.306 e. The molecule has 1 aromatic carbocycles. The molecular weight excluding hydrogens is 253 g/mol. The van der Waals surface area contributed by atoms with Gasteiger partial charge in [0.15, 0.2) is 0 Å². The lowest BCUT2D eigenvalue weighted by Gasteiger charge is -2.29. The van der Waals surface area contributed by atoms with E-state index in [2.05, 4.69) is 21.8 Å². The Morgan fingerprint density at radius 1 is 1.35 bits per heavy atom. The Hall–Kier alpha value is -1.68. The van der Waals surface area contributed by atoms with Gasteiger partial charge in [-0.1, -0.05) is 0 Å². The van der Waals surface area contributed by atoms with Crippen molar-refractivity contribution in [2.24, 2.45) is 0 Å². The standard InChI is InChI=1S/C16H20FN3/c1-11-8-13(6-7-14(11)17)20-10-18-9-16(20)15-5-3-4-12(2)19-15/h6-10,12,15,19H,3-5H2,1-2H3. The van der Waals surface area contributed by atoms with E-state index in [1.54, 1.807) is 13.0 Å². The van der Waals surface area contributed by atoms with Crippen LogP contribution in [0, 0.1) is 12.7 Å². The van der Waals surface area contributed by atoms with Gasteiger partial charge in [-0.25, -0.2) is 9.37 Å². The second kappa shape index (κ2) is 5.37. The summed E-state index contributed by atoms with van der Waals surface area (Å²) in [6.07, 6.45) is 7.29. The number of nitrogens with zero attached hydrogens (tertiary/aromatic N) is 2. The van der Waals surface area contributed by atoms with E-state index in [-0.39, 0.29) is 5.82 Å². The van der Waals surface area contributed by atoms with E-state index < -0.39 is 0 Å². The third kappa shape index (κ3) is 2.48. The number of hydrogen-bond acceptors (Lipinski definition) is 2. The summed E-state index contributed by atoms with van der Waals surface area (Å²) in [7, 11) is 0. The molecule has 1 aliphatic rings. The molecule has 2 heterocycles. The van der Waals surface area contributed by atoms with Crippen LogP contribution in [-0.2, 0) is 0 Å². The predicted octanol–water partition coefficient (Wildman–Crippen LogP) is 3.52. The molecule has 0 bridgehead atoms. The van der Waals surface area contributed by atoms with Crippen molar-refractivity contribution in [1.82, 2.24) is 14.9 Å². The first-order chi connectivity index (χ1) is 9.65. The largest absolute Gasteiger partial charge is 0.306 e. The van der Waals surface area contributed by atoms with Crippen LogP contribution >= 0.6 is 0 Å². The minimum atomic E-state index is -0.167. The number of rotatable bonds is 2. The second-order valence-electron chi connectivity index (χ2n) is 5.67. The highest BCUT2D eigenvalue weighted by Gasteiger charge is 2.22. The molecule has 0 amide bonds. The first-order valence-corrected chi connectivity index (χ1v) is 7.20. The maximum atomic E-state index is 13.4. The number of imidazole rings is 1. The molecule has 106 valence electrons. The van der Waals surface area contributed by atoms with Gasteiger partial charge in [0.1, 0.15) is 5.82 Å². The Kier molecular flexibility index (Phi) is 3.57. The predicted molar refractivity (Wildman–Crippen MR) is 77.4 cm³/mol. The molecule has 2 unspecified atom stereocenters. The summed E-state index contributed by atoms with van der Waals surface area (Å²) >= 11 is 0. The summed E-state index contributed by atoms with van der Waals surface area (Å²) in [4.78, 5) is 4.28. The van der Waals surface area contributed by atoms with Crippen LogP contribution in [0.15, 0.2) is 30.7 Å². The van der Waals surface area contributed by atoms with Crippen molar-refractivity contribution in [1.29, 1.82) is 0 Å². The van der Waals surface area contributed by atoms with Crippen molar-refractivity contribution in [3.05, 3.63) is 47.8 Å². The van der Waals surface area contributed by atoms with E-state index in [1.165, 1.54) is 18.9 Å². The maximum Gasteiger partial charge on any atom is 0.126 e. The zero-order valence-corrected chi connectivity index (χ0v) is 11.9. The first-order valence-electron chi connectivity index (χ1n) is 7.20. The number of halogens is 1. The van der Waals surface area contributed by atoms with Crippen LogP contribution in [0.4, 0.5) is 4.39 Å². The lowest BCUT2D eigenvalue weighted by Crippen LogP contribution is -2.35. The Bertz CT molecular complexity index is 606. The van der Waals surface area contributed by atoms with E-state index in [4.69, 9.17) is 0 Å². The molecule has 1 saturated heterocycles. The molecule has 20 heavy (non-hydrogen) atoms. The Morgan fingerprint density at radius 3 is 2.95 bits per heavy atom. The molecule has 2 aromatic rings. The molecule has 2 atom stereocenters. The molecule has 0 radical (unpaired) electrons. The topological polar surface area (TPSA) is 29.9 Å². The van der Waals surface area contributed by atoms with Gasteiger partial charge in [0, 0.05) is 17.8 Å². The van der Waals surface area contributed by atoms with Gasteiger partial charge in [0.05, 0.1) is 18.2 Å².